The molecule has 3 nitrogen and oxygen atoms in total. The summed E-state index contributed by atoms with van der Waals surface area (Å²) in [6.45, 7) is 2.78. The molecule has 2 aromatic rings. The minimum Gasteiger partial charge on any atom is -0.320 e. The molecule has 4 heteroatoms. The molecule has 22 heavy (non-hydrogen) atoms. The van der Waals surface area contributed by atoms with Gasteiger partial charge in [-0.25, -0.2) is 0 Å². The van der Waals surface area contributed by atoms with Crippen LogP contribution in [0.5, 0.6) is 0 Å². The largest absolute Gasteiger partial charge is 0.320 e. The second-order valence-electron chi connectivity index (χ2n) is 5.67. The molecule has 1 atom stereocenters. The molecule has 0 saturated carbocycles. The first-order chi connectivity index (χ1) is 10.1. The first-order valence-corrected chi connectivity index (χ1v) is 7.35. The Morgan fingerprint density at radius 2 is 1.95 bits per heavy atom. The third kappa shape index (κ3) is 3.32. The molecule has 0 bridgehead atoms. The fourth-order valence-electron chi connectivity index (χ4n) is 2.87. The lowest BCUT2D eigenvalue weighted by Gasteiger charge is -2.22. The van der Waals surface area contributed by atoms with Gasteiger partial charge in [-0.15, -0.1) is 12.4 Å². The van der Waals surface area contributed by atoms with Crippen LogP contribution in [0.15, 0.2) is 48.5 Å². The van der Waals surface area contributed by atoms with Crippen molar-refractivity contribution in [3.63, 3.8) is 0 Å². The number of nitrogens with two attached hydrogens (primary N) is 1. The number of halogens is 1. The van der Waals surface area contributed by atoms with E-state index in [-0.39, 0.29) is 18.3 Å². The highest BCUT2D eigenvalue weighted by molar-refractivity contribution is 5.99. The number of benzene rings is 2. The van der Waals surface area contributed by atoms with Crippen LogP contribution in [-0.2, 0) is 17.6 Å². The monoisotopic (exact) mass is 316 g/mol. The molecule has 0 radical (unpaired) electrons. The van der Waals surface area contributed by atoms with E-state index in [1.54, 1.807) is 0 Å². The van der Waals surface area contributed by atoms with E-state index in [0.717, 1.165) is 24.2 Å². The van der Waals surface area contributed by atoms with E-state index in [1.165, 1.54) is 11.1 Å². The van der Waals surface area contributed by atoms with Crippen molar-refractivity contribution in [2.45, 2.75) is 25.8 Å². The quantitative estimate of drug-likeness (QED) is 0.946. The van der Waals surface area contributed by atoms with Gasteiger partial charge in [0.25, 0.3) is 0 Å². The Hall–Kier alpha value is -1.84. The van der Waals surface area contributed by atoms with Crippen LogP contribution in [0.25, 0.3) is 0 Å². The van der Waals surface area contributed by atoms with Crippen molar-refractivity contribution >= 4 is 24.0 Å². The standard InChI is InChI=1S/C18H20N2O.ClH/c1-13-7-8-15-9-10-20(17(15)11-13)18(21)16(19)12-14-5-3-2-4-6-14;/h2-8,11,16H,9-10,12,19H2,1H3;1H/t16-;/m0./s1. The maximum Gasteiger partial charge on any atom is 0.244 e. The molecule has 0 unspecified atom stereocenters. The Bertz CT molecular complexity index is 657. The number of fused-ring (bicyclic) bond motifs is 1. The van der Waals surface area contributed by atoms with E-state index in [4.69, 9.17) is 5.73 Å². The van der Waals surface area contributed by atoms with Gasteiger partial charge in [0.05, 0.1) is 6.04 Å². The number of carbonyl (C=O) groups excluding carboxylic acids is 1. The Kier molecular flexibility index (Phi) is 5.22. The predicted octanol–water partition coefficient (Wildman–Crippen LogP) is 2.88. The van der Waals surface area contributed by atoms with Crippen LogP contribution in [0.2, 0.25) is 0 Å². The number of hydrogen-bond donors (Lipinski definition) is 1. The summed E-state index contributed by atoms with van der Waals surface area (Å²) in [5.74, 6) is 0.0169. The summed E-state index contributed by atoms with van der Waals surface area (Å²) in [7, 11) is 0. The lowest BCUT2D eigenvalue weighted by Crippen LogP contribution is -2.44. The first-order valence-electron chi connectivity index (χ1n) is 7.35. The van der Waals surface area contributed by atoms with Gasteiger partial charge in [-0.3, -0.25) is 4.79 Å². The first kappa shape index (κ1) is 16.5. The van der Waals surface area contributed by atoms with Gasteiger partial charge in [-0.2, -0.15) is 0 Å². The van der Waals surface area contributed by atoms with Crippen molar-refractivity contribution in [3.8, 4) is 0 Å². The van der Waals surface area contributed by atoms with E-state index in [1.807, 2.05) is 42.2 Å². The average Bonchev–Trinajstić information content (AvgIpc) is 2.90. The number of nitrogens with zero attached hydrogens (tertiary/aromatic N) is 1. The van der Waals surface area contributed by atoms with Gasteiger partial charge in [0.15, 0.2) is 0 Å². The lowest BCUT2D eigenvalue weighted by molar-refractivity contribution is -0.119. The molecule has 0 spiro atoms. The maximum absolute atomic E-state index is 12.6. The molecule has 1 heterocycles. The summed E-state index contributed by atoms with van der Waals surface area (Å²) < 4.78 is 0. The molecule has 116 valence electrons. The summed E-state index contributed by atoms with van der Waals surface area (Å²) in [6.07, 6.45) is 1.50. The Balaban J connectivity index is 0.00000176. The molecule has 2 aromatic carbocycles. The van der Waals surface area contributed by atoms with Crippen molar-refractivity contribution in [1.29, 1.82) is 0 Å². The van der Waals surface area contributed by atoms with E-state index in [2.05, 4.69) is 18.2 Å². The van der Waals surface area contributed by atoms with Crippen LogP contribution >= 0.6 is 12.4 Å². The zero-order chi connectivity index (χ0) is 14.8. The van der Waals surface area contributed by atoms with Crippen molar-refractivity contribution in [2.75, 3.05) is 11.4 Å². The zero-order valence-corrected chi connectivity index (χ0v) is 13.5. The van der Waals surface area contributed by atoms with Gasteiger partial charge in [0, 0.05) is 12.2 Å². The molecule has 1 aliphatic heterocycles. The molecular formula is C18H21ClN2O. The van der Waals surface area contributed by atoms with Crippen molar-refractivity contribution < 1.29 is 4.79 Å². The molecule has 0 aliphatic carbocycles. The van der Waals surface area contributed by atoms with Gasteiger partial charge >= 0.3 is 0 Å². The molecule has 0 aromatic heterocycles. The topological polar surface area (TPSA) is 46.3 Å². The minimum absolute atomic E-state index is 0. The second kappa shape index (κ2) is 6.95. The van der Waals surface area contributed by atoms with Crippen molar-refractivity contribution in [1.82, 2.24) is 0 Å². The molecule has 2 N–H and O–H groups in total. The zero-order valence-electron chi connectivity index (χ0n) is 12.7. The summed E-state index contributed by atoms with van der Waals surface area (Å²) in [5.41, 5.74) is 10.7. The lowest BCUT2D eigenvalue weighted by atomic mass is 10.1. The van der Waals surface area contributed by atoms with E-state index < -0.39 is 6.04 Å². The Morgan fingerprint density at radius 1 is 1.23 bits per heavy atom. The third-order valence-electron chi connectivity index (χ3n) is 4.02. The van der Waals surface area contributed by atoms with Crippen molar-refractivity contribution in [3.05, 3.63) is 65.2 Å². The van der Waals surface area contributed by atoms with Gasteiger partial charge in [0.2, 0.25) is 5.91 Å². The molecule has 1 amide bonds. The van der Waals surface area contributed by atoms with E-state index >= 15 is 0 Å². The summed E-state index contributed by atoms with van der Waals surface area (Å²) in [5, 5.41) is 0. The number of aryl methyl sites for hydroxylation is 1. The van der Waals surface area contributed by atoms with Gasteiger partial charge in [-0.05, 0) is 42.5 Å². The Labute approximate surface area is 137 Å². The molecule has 0 saturated heterocycles. The average molecular weight is 317 g/mol. The van der Waals surface area contributed by atoms with Gasteiger partial charge < -0.3 is 10.6 Å². The highest BCUT2D eigenvalue weighted by Crippen LogP contribution is 2.29. The number of rotatable bonds is 3. The number of carbonyl (C=O) groups is 1. The van der Waals surface area contributed by atoms with E-state index in [9.17, 15) is 4.79 Å². The fraction of sp³-hybridized carbons (Fsp3) is 0.278. The second-order valence-corrected chi connectivity index (χ2v) is 5.67. The smallest absolute Gasteiger partial charge is 0.244 e. The molecular weight excluding hydrogens is 296 g/mol. The number of amides is 1. The van der Waals surface area contributed by atoms with Gasteiger partial charge in [-0.1, -0.05) is 42.5 Å². The Morgan fingerprint density at radius 3 is 2.68 bits per heavy atom. The van der Waals surface area contributed by atoms with E-state index in [0.29, 0.717) is 6.42 Å². The van der Waals surface area contributed by atoms with Crippen LogP contribution in [0.1, 0.15) is 16.7 Å². The highest BCUT2D eigenvalue weighted by atomic mass is 35.5. The normalized spacial score (nSPS) is 14.2. The van der Waals surface area contributed by atoms with Crippen LogP contribution in [0, 0.1) is 6.92 Å². The SMILES string of the molecule is Cc1ccc2c(c1)N(C(=O)[C@@H](N)Cc1ccccc1)CC2.Cl. The summed E-state index contributed by atoms with van der Waals surface area (Å²) >= 11 is 0. The molecule has 0 fully saturated rings. The van der Waals surface area contributed by atoms with Crippen LogP contribution in [0.4, 0.5) is 5.69 Å². The van der Waals surface area contributed by atoms with Crippen molar-refractivity contribution in [2.24, 2.45) is 5.73 Å². The summed E-state index contributed by atoms with van der Waals surface area (Å²) in [4.78, 5) is 14.5. The van der Waals surface area contributed by atoms with Crippen LogP contribution in [-0.4, -0.2) is 18.5 Å². The fourth-order valence-corrected chi connectivity index (χ4v) is 2.87. The summed E-state index contributed by atoms with van der Waals surface area (Å²) in [6, 6.07) is 15.7. The van der Waals surface area contributed by atoms with Gasteiger partial charge in [0.1, 0.15) is 0 Å². The number of anilines is 1. The molecule has 3 rings (SSSR count). The van der Waals surface area contributed by atoms with Crippen LogP contribution in [0.3, 0.4) is 0 Å². The maximum atomic E-state index is 12.6. The minimum atomic E-state index is -0.487. The predicted molar refractivity (Wildman–Crippen MR) is 92.6 cm³/mol. The number of hydrogen-bond acceptors (Lipinski definition) is 2. The molecule has 1 aliphatic rings. The highest BCUT2D eigenvalue weighted by Gasteiger charge is 2.28. The third-order valence-corrected chi connectivity index (χ3v) is 4.02. The van der Waals surface area contributed by atoms with Crippen LogP contribution < -0.4 is 10.6 Å².